The van der Waals surface area contributed by atoms with Crippen LogP contribution in [-0.4, -0.2) is 49.5 Å². The second-order valence-corrected chi connectivity index (χ2v) is 8.70. The van der Waals surface area contributed by atoms with E-state index in [1.807, 2.05) is 12.1 Å². The summed E-state index contributed by atoms with van der Waals surface area (Å²) in [6, 6.07) is 3.71. The highest BCUT2D eigenvalue weighted by molar-refractivity contribution is 8.20. The Morgan fingerprint density at radius 2 is 1.74 bits per heavy atom. The Bertz CT molecular complexity index is 627. The lowest BCUT2D eigenvalue weighted by atomic mass is 9.78. The minimum Gasteiger partial charge on any atom is -0.496 e. The van der Waals surface area contributed by atoms with Crippen LogP contribution in [0.25, 0.3) is 0 Å². The van der Waals surface area contributed by atoms with Gasteiger partial charge in [0.05, 0.1) is 25.4 Å². The van der Waals surface area contributed by atoms with Gasteiger partial charge < -0.3 is 19.3 Å². The van der Waals surface area contributed by atoms with E-state index in [0.717, 1.165) is 28.4 Å². The number of fused-ring (bicyclic) bond motifs is 2. The predicted molar refractivity (Wildman–Crippen MR) is 91.4 cm³/mol. The molecule has 126 valence electrons. The molecule has 5 nitrogen and oxygen atoms in total. The molecule has 1 N–H and O–H groups in total. The van der Waals surface area contributed by atoms with Gasteiger partial charge in [-0.2, -0.15) is 0 Å². The Morgan fingerprint density at radius 1 is 1.13 bits per heavy atom. The van der Waals surface area contributed by atoms with Gasteiger partial charge >= 0.3 is 5.97 Å². The molecule has 1 aromatic carbocycles. The largest absolute Gasteiger partial charge is 0.496 e. The summed E-state index contributed by atoms with van der Waals surface area (Å²) in [6.07, 6.45) is 0.469. The third-order valence-corrected chi connectivity index (χ3v) is 7.78. The topological polar surface area (TPSA) is 65.0 Å². The number of thioether (sulfide) groups is 2. The number of carbonyl (C=O) groups excluding carboxylic acids is 1. The summed E-state index contributed by atoms with van der Waals surface area (Å²) in [7, 11) is 4.54. The smallest absolute Gasteiger partial charge is 0.338 e. The van der Waals surface area contributed by atoms with E-state index < -0.39 is 15.6 Å². The summed E-state index contributed by atoms with van der Waals surface area (Å²) in [5.74, 6) is 2.76. The van der Waals surface area contributed by atoms with E-state index >= 15 is 0 Å². The van der Waals surface area contributed by atoms with Crippen molar-refractivity contribution in [3.05, 3.63) is 23.3 Å². The number of ether oxygens (including phenoxy) is 3. The summed E-state index contributed by atoms with van der Waals surface area (Å²) in [5, 5.41) is 11.0. The summed E-state index contributed by atoms with van der Waals surface area (Å²) in [6.45, 7) is 0. The van der Waals surface area contributed by atoms with Crippen LogP contribution < -0.4 is 9.47 Å². The zero-order chi connectivity index (χ0) is 16.7. The van der Waals surface area contributed by atoms with Gasteiger partial charge in [-0.3, -0.25) is 0 Å². The van der Waals surface area contributed by atoms with Crippen LogP contribution in [0.2, 0.25) is 0 Å². The number of methoxy groups -OCH3 is 3. The maximum absolute atomic E-state index is 12.2. The summed E-state index contributed by atoms with van der Waals surface area (Å²) in [5.41, 5.74) is 0.305. The molecule has 0 unspecified atom stereocenters. The van der Waals surface area contributed by atoms with Crippen LogP contribution in [0.15, 0.2) is 12.1 Å². The molecule has 1 aromatic rings. The monoisotopic (exact) mass is 356 g/mol. The first-order valence-electron chi connectivity index (χ1n) is 7.33. The van der Waals surface area contributed by atoms with Gasteiger partial charge in [-0.25, -0.2) is 4.79 Å². The fraction of sp³-hybridized carbons (Fsp3) is 0.562. The molecule has 1 spiro atoms. The number of rotatable bonds is 3. The van der Waals surface area contributed by atoms with Crippen LogP contribution in [0.5, 0.6) is 11.5 Å². The molecule has 3 rings (SSSR count). The Hall–Kier alpha value is -1.05. The van der Waals surface area contributed by atoms with Crippen molar-refractivity contribution in [2.45, 2.75) is 22.5 Å². The molecule has 1 atom stereocenters. The molecule has 1 aliphatic carbocycles. The first kappa shape index (κ1) is 16.8. The van der Waals surface area contributed by atoms with Crippen molar-refractivity contribution in [3.63, 3.8) is 0 Å². The maximum atomic E-state index is 12.2. The fourth-order valence-electron chi connectivity index (χ4n) is 3.43. The Labute approximate surface area is 144 Å². The van der Waals surface area contributed by atoms with E-state index in [9.17, 15) is 9.90 Å². The fourth-order valence-corrected chi connectivity index (χ4v) is 7.00. The third-order valence-electron chi connectivity index (χ3n) is 4.37. The number of benzene rings is 1. The molecule has 2 aliphatic rings. The van der Waals surface area contributed by atoms with Gasteiger partial charge in [0.25, 0.3) is 0 Å². The average molecular weight is 356 g/mol. The highest BCUT2D eigenvalue weighted by atomic mass is 32.2. The Balaban J connectivity index is 2.23. The molecule has 1 saturated heterocycles. The second kappa shape index (κ2) is 6.11. The molecule has 0 amide bonds. The lowest BCUT2D eigenvalue weighted by molar-refractivity contribution is -0.163. The van der Waals surface area contributed by atoms with Crippen molar-refractivity contribution >= 4 is 29.5 Å². The van der Waals surface area contributed by atoms with Crippen LogP contribution in [0.3, 0.4) is 0 Å². The van der Waals surface area contributed by atoms with Crippen molar-refractivity contribution < 1.29 is 24.1 Å². The molecule has 0 saturated carbocycles. The standard InChI is InChI=1S/C16H20O5S2/c1-19-11-4-5-12(20-2)13-10(11)8-15(18,14(17)21-3)9-16(13)22-6-7-23-16/h4-5,18H,6-9H2,1-3H3/t15-/m0/s1. The summed E-state index contributed by atoms with van der Waals surface area (Å²) >= 11 is 3.49. The highest BCUT2D eigenvalue weighted by Gasteiger charge is 2.55. The van der Waals surface area contributed by atoms with E-state index in [1.165, 1.54) is 7.11 Å². The van der Waals surface area contributed by atoms with E-state index in [2.05, 4.69) is 0 Å². The van der Waals surface area contributed by atoms with Crippen molar-refractivity contribution in [3.8, 4) is 11.5 Å². The molecule has 1 aliphatic heterocycles. The third kappa shape index (κ3) is 2.58. The number of aliphatic hydroxyl groups is 1. The highest BCUT2D eigenvalue weighted by Crippen LogP contribution is 2.63. The minimum atomic E-state index is -1.55. The van der Waals surface area contributed by atoms with Crippen molar-refractivity contribution in [2.24, 2.45) is 0 Å². The van der Waals surface area contributed by atoms with Gasteiger partial charge in [-0.15, -0.1) is 23.5 Å². The van der Waals surface area contributed by atoms with Gasteiger partial charge in [0.2, 0.25) is 0 Å². The Morgan fingerprint density at radius 3 is 2.30 bits per heavy atom. The van der Waals surface area contributed by atoms with E-state index in [0.29, 0.717) is 12.2 Å². The maximum Gasteiger partial charge on any atom is 0.338 e. The van der Waals surface area contributed by atoms with Gasteiger partial charge in [0.1, 0.15) is 11.5 Å². The van der Waals surface area contributed by atoms with Crippen molar-refractivity contribution in [1.82, 2.24) is 0 Å². The average Bonchev–Trinajstić information content (AvgIpc) is 3.01. The lowest BCUT2D eigenvalue weighted by Gasteiger charge is -2.42. The zero-order valence-electron chi connectivity index (χ0n) is 13.4. The summed E-state index contributed by atoms with van der Waals surface area (Å²) < 4.78 is 15.5. The molecular formula is C16H20O5S2. The molecule has 0 bridgehead atoms. The SMILES string of the molecule is COC(=O)[C@]1(O)Cc2c(OC)ccc(OC)c2C2(C1)SCCS2. The molecule has 0 aromatic heterocycles. The number of esters is 1. The van der Waals surface area contributed by atoms with Gasteiger partial charge in [-0.1, -0.05) is 0 Å². The van der Waals surface area contributed by atoms with E-state index in [-0.39, 0.29) is 6.42 Å². The number of hydrogen-bond acceptors (Lipinski definition) is 7. The molecule has 0 radical (unpaired) electrons. The minimum absolute atomic E-state index is 0.165. The van der Waals surface area contributed by atoms with Crippen LogP contribution in [0.1, 0.15) is 17.5 Å². The summed E-state index contributed by atoms with van der Waals surface area (Å²) in [4.78, 5) is 12.2. The van der Waals surface area contributed by atoms with Gasteiger partial charge in [-0.05, 0) is 12.1 Å². The molecule has 1 heterocycles. The first-order chi connectivity index (χ1) is 11.0. The molecule has 7 heteroatoms. The van der Waals surface area contributed by atoms with Crippen molar-refractivity contribution in [2.75, 3.05) is 32.8 Å². The second-order valence-electron chi connectivity index (χ2n) is 5.65. The lowest BCUT2D eigenvalue weighted by Crippen LogP contribution is -2.49. The quantitative estimate of drug-likeness (QED) is 0.833. The van der Waals surface area contributed by atoms with Crippen LogP contribution >= 0.6 is 23.5 Å². The number of hydrogen-bond donors (Lipinski definition) is 1. The Kier molecular flexibility index (Phi) is 4.46. The molecular weight excluding hydrogens is 336 g/mol. The van der Waals surface area contributed by atoms with E-state index in [1.54, 1.807) is 37.7 Å². The molecule has 23 heavy (non-hydrogen) atoms. The zero-order valence-corrected chi connectivity index (χ0v) is 15.0. The van der Waals surface area contributed by atoms with Gasteiger partial charge in [0, 0.05) is 35.5 Å². The van der Waals surface area contributed by atoms with Crippen LogP contribution in [0, 0.1) is 0 Å². The predicted octanol–water partition coefficient (Wildman–Crippen LogP) is 2.19. The first-order valence-corrected chi connectivity index (χ1v) is 9.30. The molecule has 1 fully saturated rings. The van der Waals surface area contributed by atoms with E-state index in [4.69, 9.17) is 14.2 Å². The number of carbonyl (C=O) groups is 1. The van der Waals surface area contributed by atoms with Crippen molar-refractivity contribution in [1.29, 1.82) is 0 Å². The van der Waals surface area contributed by atoms with Gasteiger partial charge in [0.15, 0.2) is 5.60 Å². The van der Waals surface area contributed by atoms with Crippen LogP contribution in [0.4, 0.5) is 0 Å². The van der Waals surface area contributed by atoms with Crippen LogP contribution in [-0.2, 0) is 20.0 Å². The normalized spacial score (nSPS) is 25.0.